The standard InChI is InChI=1S/C17H16BrNO4/c1-10-8-12(18)9-14(15(10)22-2)16(20)19-13-6-4-11(5-7-13)17(21)23-3/h4-9H,1-3H3,(H,19,20). The Hall–Kier alpha value is -2.34. The molecule has 0 bridgehead atoms. The average molecular weight is 378 g/mol. The molecule has 2 aromatic carbocycles. The number of aryl methyl sites for hydroxylation is 1. The highest BCUT2D eigenvalue weighted by molar-refractivity contribution is 9.10. The molecule has 23 heavy (non-hydrogen) atoms. The van der Waals surface area contributed by atoms with E-state index in [0.717, 1.165) is 10.0 Å². The summed E-state index contributed by atoms with van der Waals surface area (Å²) in [5.41, 5.74) is 2.27. The highest BCUT2D eigenvalue weighted by atomic mass is 79.9. The minimum atomic E-state index is -0.424. The molecule has 0 atom stereocenters. The van der Waals surface area contributed by atoms with Gasteiger partial charge in [-0.25, -0.2) is 4.79 Å². The van der Waals surface area contributed by atoms with Crippen LogP contribution < -0.4 is 10.1 Å². The number of benzene rings is 2. The molecule has 0 spiro atoms. The molecule has 2 rings (SSSR count). The number of amides is 1. The summed E-state index contributed by atoms with van der Waals surface area (Å²) in [4.78, 5) is 23.9. The Balaban J connectivity index is 2.24. The Morgan fingerprint density at radius 3 is 2.30 bits per heavy atom. The summed E-state index contributed by atoms with van der Waals surface area (Å²) in [6.07, 6.45) is 0. The lowest BCUT2D eigenvalue weighted by Gasteiger charge is -2.12. The highest BCUT2D eigenvalue weighted by Gasteiger charge is 2.16. The molecule has 6 heteroatoms. The summed E-state index contributed by atoms with van der Waals surface area (Å²) in [6, 6.07) is 10.0. The SMILES string of the molecule is COC(=O)c1ccc(NC(=O)c2cc(Br)cc(C)c2OC)cc1. The van der Waals surface area contributed by atoms with Gasteiger partial charge in [-0.2, -0.15) is 0 Å². The first-order valence-corrected chi connectivity index (χ1v) is 7.59. The number of rotatable bonds is 4. The molecule has 0 aliphatic heterocycles. The van der Waals surface area contributed by atoms with Gasteiger partial charge < -0.3 is 14.8 Å². The zero-order chi connectivity index (χ0) is 17.0. The van der Waals surface area contributed by atoms with Gasteiger partial charge in [0.2, 0.25) is 0 Å². The molecule has 0 aromatic heterocycles. The third-order valence-corrected chi connectivity index (χ3v) is 3.71. The van der Waals surface area contributed by atoms with Crippen molar-refractivity contribution in [2.24, 2.45) is 0 Å². The second kappa shape index (κ2) is 7.28. The minimum absolute atomic E-state index is 0.294. The molecule has 0 saturated heterocycles. The van der Waals surface area contributed by atoms with Crippen LogP contribution in [0.5, 0.6) is 5.75 Å². The van der Waals surface area contributed by atoms with E-state index in [9.17, 15) is 9.59 Å². The molecular formula is C17H16BrNO4. The number of ether oxygens (including phenoxy) is 2. The maximum Gasteiger partial charge on any atom is 0.337 e. The molecular weight excluding hydrogens is 362 g/mol. The minimum Gasteiger partial charge on any atom is -0.496 e. The lowest BCUT2D eigenvalue weighted by Crippen LogP contribution is -2.14. The van der Waals surface area contributed by atoms with E-state index in [4.69, 9.17) is 4.74 Å². The van der Waals surface area contributed by atoms with Crippen molar-refractivity contribution in [2.45, 2.75) is 6.92 Å². The fraction of sp³-hybridized carbons (Fsp3) is 0.176. The van der Waals surface area contributed by atoms with E-state index in [1.165, 1.54) is 14.2 Å². The van der Waals surface area contributed by atoms with Crippen LogP contribution >= 0.6 is 15.9 Å². The molecule has 5 nitrogen and oxygen atoms in total. The number of esters is 1. The van der Waals surface area contributed by atoms with Crippen LogP contribution in [-0.2, 0) is 4.74 Å². The molecule has 0 unspecified atom stereocenters. The molecule has 1 N–H and O–H groups in total. The number of carbonyl (C=O) groups excluding carboxylic acids is 2. The summed E-state index contributed by atoms with van der Waals surface area (Å²) in [5.74, 6) is -0.193. The zero-order valence-corrected chi connectivity index (χ0v) is 14.6. The number of halogens is 1. The second-order valence-corrected chi connectivity index (χ2v) is 5.74. The van der Waals surface area contributed by atoms with E-state index >= 15 is 0 Å². The maximum absolute atomic E-state index is 12.5. The summed E-state index contributed by atoms with van der Waals surface area (Å²) >= 11 is 3.38. The maximum atomic E-state index is 12.5. The summed E-state index contributed by atoms with van der Waals surface area (Å²) in [6.45, 7) is 1.87. The van der Waals surface area contributed by atoms with E-state index in [1.54, 1.807) is 30.3 Å². The van der Waals surface area contributed by atoms with Crippen molar-refractivity contribution >= 4 is 33.5 Å². The second-order valence-electron chi connectivity index (χ2n) is 4.83. The zero-order valence-electron chi connectivity index (χ0n) is 13.0. The number of hydrogen-bond acceptors (Lipinski definition) is 4. The molecule has 0 aliphatic carbocycles. The predicted octanol–water partition coefficient (Wildman–Crippen LogP) is 3.81. The third kappa shape index (κ3) is 3.90. The molecule has 0 aliphatic rings. The summed E-state index contributed by atoms with van der Waals surface area (Å²) in [7, 11) is 2.85. The van der Waals surface area contributed by atoms with Crippen LogP contribution in [0.1, 0.15) is 26.3 Å². The first kappa shape index (κ1) is 17.0. The largest absolute Gasteiger partial charge is 0.496 e. The van der Waals surface area contributed by atoms with Gasteiger partial charge in [-0.15, -0.1) is 0 Å². The van der Waals surface area contributed by atoms with Gasteiger partial charge in [-0.3, -0.25) is 4.79 Å². The van der Waals surface area contributed by atoms with Crippen molar-refractivity contribution in [2.75, 3.05) is 19.5 Å². The molecule has 1 amide bonds. The van der Waals surface area contributed by atoms with Gasteiger partial charge >= 0.3 is 5.97 Å². The third-order valence-electron chi connectivity index (χ3n) is 3.25. The van der Waals surface area contributed by atoms with Crippen LogP contribution in [0.4, 0.5) is 5.69 Å². The quantitative estimate of drug-likeness (QED) is 0.822. The Kier molecular flexibility index (Phi) is 5.39. The van der Waals surface area contributed by atoms with Gasteiger partial charge in [0, 0.05) is 10.2 Å². The molecule has 0 fully saturated rings. The van der Waals surface area contributed by atoms with Crippen LogP contribution in [0.2, 0.25) is 0 Å². The first-order chi connectivity index (χ1) is 11.0. The van der Waals surface area contributed by atoms with Crippen LogP contribution in [0.3, 0.4) is 0 Å². The van der Waals surface area contributed by atoms with Crippen LogP contribution in [0.25, 0.3) is 0 Å². The number of methoxy groups -OCH3 is 2. The highest BCUT2D eigenvalue weighted by Crippen LogP contribution is 2.28. The van der Waals surface area contributed by atoms with Gasteiger partial charge in [0.15, 0.2) is 0 Å². The average Bonchev–Trinajstić information content (AvgIpc) is 2.54. The van der Waals surface area contributed by atoms with Gasteiger partial charge in [-0.1, -0.05) is 15.9 Å². The molecule has 2 aromatic rings. The molecule has 120 valence electrons. The van der Waals surface area contributed by atoms with Crippen molar-refractivity contribution < 1.29 is 19.1 Å². The molecule has 0 radical (unpaired) electrons. The Labute approximate surface area is 142 Å². The van der Waals surface area contributed by atoms with Crippen LogP contribution in [0, 0.1) is 6.92 Å². The lowest BCUT2D eigenvalue weighted by molar-refractivity contribution is 0.0600. The fourth-order valence-corrected chi connectivity index (χ4v) is 2.75. The molecule has 0 saturated carbocycles. The molecule has 0 heterocycles. The fourth-order valence-electron chi connectivity index (χ4n) is 2.18. The van der Waals surface area contributed by atoms with Gasteiger partial charge in [0.1, 0.15) is 5.75 Å². The van der Waals surface area contributed by atoms with Gasteiger partial charge in [0.05, 0.1) is 25.3 Å². The van der Waals surface area contributed by atoms with Gasteiger partial charge in [0.25, 0.3) is 5.91 Å². The summed E-state index contributed by atoms with van der Waals surface area (Å²) in [5, 5.41) is 2.78. The van der Waals surface area contributed by atoms with E-state index in [1.807, 2.05) is 13.0 Å². The van der Waals surface area contributed by atoms with E-state index in [2.05, 4.69) is 26.0 Å². The smallest absolute Gasteiger partial charge is 0.337 e. The number of hydrogen-bond donors (Lipinski definition) is 1. The van der Waals surface area contributed by atoms with Crippen LogP contribution in [-0.4, -0.2) is 26.1 Å². The monoisotopic (exact) mass is 377 g/mol. The number of nitrogens with one attached hydrogen (secondary N) is 1. The normalized spacial score (nSPS) is 10.1. The number of carbonyl (C=O) groups is 2. The Bertz CT molecular complexity index is 741. The number of anilines is 1. The first-order valence-electron chi connectivity index (χ1n) is 6.80. The lowest BCUT2D eigenvalue weighted by atomic mass is 10.1. The van der Waals surface area contributed by atoms with Crippen molar-refractivity contribution in [3.8, 4) is 5.75 Å². The van der Waals surface area contributed by atoms with Gasteiger partial charge in [-0.05, 0) is 48.9 Å². The van der Waals surface area contributed by atoms with E-state index in [0.29, 0.717) is 22.6 Å². The Morgan fingerprint density at radius 1 is 1.09 bits per heavy atom. The predicted molar refractivity (Wildman–Crippen MR) is 91.2 cm³/mol. The van der Waals surface area contributed by atoms with Crippen molar-refractivity contribution in [1.82, 2.24) is 0 Å². The summed E-state index contributed by atoms with van der Waals surface area (Å²) < 4.78 is 10.7. The van der Waals surface area contributed by atoms with E-state index < -0.39 is 5.97 Å². The van der Waals surface area contributed by atoms with Crippen molar-refractivity contribution in [1.29, 1.82) is 0 Å². The topological polar surface area (TPSA) is 64.6 Å². The van der Waals surface area contributed by atoms with Crippen molar-refractivity contribution in [3.63, 3.8) is 0 Å². The van der Waals surface area contributed by atoms with E-state index in [-0.39, 0.29) is 5.91 Å². The Morgan fingerprint density at radius 2 is 1.74 bits per heavy atom. The van der Waals surface area contributed by atoms with Crippen molar-refractivity contribution in [3.05, 3.63) is 57.6 Å². The van der Waals surface area contributed by atoms with Crippen LogP contribution in [0.15, 0.2) is 40.9 Å².